The van der Waals surface area contributed by atoms with E-state index in [0.29, 0.717) is 17.9 Å². The molecule has 2 heterocycles. The summed E-state index contributed by atoms with van der Waals surface area (Å²) in [4.78, 5) is 12.5. The summed E-state index contributed by atoms with van der Waals surface area (Å²) in [6, 6.07) is 0.236. The van der Waals surface area contributed by atoms with Crippen LogP contribution in [0.4, 0.5) is 4.39 Å². The summed E-state index contributed by atoms with van der Waals surface area (Å²) < 4.78 is 13.6. The molecule has 25 heavy (non-hydrogen) atoms. The van der Waals surface area contributed by atoms with Crippen LogP contribution >= 0.6 is 0 Å². The van der Waals surface area contributed by atoms with Gasteiger partial charge in [0.1, 0.15) is 6.17 Å². The summed E-state index contributed by atoms with van der Waals surface area (Å²) in [7, 11) is 0. The van der Waals surface area contributed by atoms with E-state index in [1.54, 1.807) is 0 Å². The minimum absolute atomic E-state index is 0.0753. The highest BCUT2D eigenvalue weighted by Crippen LogP contribution is 2.33. The Bertz CT molecular complexity index is 431. The molecule has 5 nitrogen and oxygen atoms in total. The molecule has 7 unspecified atom stereocenters. The van der Waals surface area contributed by atoms with E-state index < -0.39 is 6.17 Å². The van der Waals surface area contributed by atoms with Crippen LogP contribution < -0.4 is 21.3 Å². The normalized spacial score (nSPS) is 42.8. The van der Waals surface area contributed by atoms with Crippen LogP contribution in [0, 0.1) is 11.8 Å². The van der Waals surface area contributed by atoms with Crippen LogP contribution in [0.5, 0.6) is 0 Å². The second-order valence-electron chi connectivity index (χ2n) is 8.52. The number of halogens is 1. The Morgan fingerprint density at radius 3 is 2.60 bits per heavy atom. The molecule has 1 saturated carbocycles. The van der Waals surface area contributed by atoms with Crippen molar-refractivity contribution in [3.05, 3.63) is 0 Å². The number of alkyl halides is 1. The molecule has 3 aliphatic rings. The fourth-order valence-electron chi connectivity index (χ4n) is 4.87. The highest BCUT2D eigenvalue weighted by atomic mass is 19.1. The van der Waals surface area contributed by atoms with Gasteiger partial charge in [-0.25, -0.2) is 4.39 Å². The van der Waals surface area contributed by atoms with E-state index in [9.17, 15) is 9.18 Å². The van der Waals surface area contributed by atoms with E-state index in [1.165, 1.54) is 6.42 Å². The van der Waals surface area contributed by atoms with Crippen LogP contribution in [-0.4, -0.2) is 43.0 Å². The predicted molar refractivity (Wildman–Crippen MR) is 97.7 cm³/mol. The summed E-state index contributed by atoms with van der Waals surface area (Å²) in [6.07, 6.45) is 7.46. The van der Waals surface area contributed by atoms with E-state index >= 15 is 0 Å². The molecule has 4 N–H and O–H groups in total. The summed E-state index contributed by atoms with van der Waals surface area (Å²) in [5.74, 6) is 1.29. The summed E-state index contributed by atoms with van der Waals surface area (Å²) in [5, 5.41) is 13.4. The standard InChI is InChI=1S/C19H35FN4O/c1-12-8-17(23-13(2)22-12)19(25)24-18-7-6-15(11-21-18)9-14-4-3-5-16(20)10-14/h12-18,21-23H,3-11H2,1-2H3,(H,24,25). The smallest absolute Gasteiger partial charge is 0.238 e. The second kappa shape index (κ2) is 8.78. The van der Waals surface area contributed by atoms with Gasteiger partial charge in [0.15, 0.2) is 0 Å². The molecule has 3 rings (SSSR count). The Hall–Kier alpha value is -0.720. The fraction of sp³-hybridized carbons (Fsp3) is 0.947. The van der Waals surface area contributed by atoms with Crippen LogP contribution in [0.1, 0.15) is 65.2 Å². The molecule has 144 valence electrons. The molecule has 0 aromatic heterocycles. The minimum Gasteiger partial charge on any atom is -0.339 e. The second-order valence-corrected chi connectivity index (χ2v) is 8.52. The zero-order valence-electron chi connectivity index (χ0n) is 15.7. The van der Waals surface area contributed by atoms with Crippen molar-refractivity contribution in [1.29, 1.82) is 0 Å². The summed E-state index contributed by atoms with van der Waals surface area (Å²) in [6.45, 7) is 5.10. The minimum atomic E-state index is -0.579. The first-order chi connectivity index (χ1) is 12.0. The van der Waals surface area contributed by atoms with Gasteiger partial charge in [-0.2, -0.15) is 0 Å². The Balaban J connectivity index is 1.38. The zero-order chi connectivity index (χ0) is 17.8. The number of hydrogen-bond acceptors (Lipinski definition) is 4. The van der Waals surface area contributed by atoms with Gasteiger partial charge in [-0.1, -0.05) is 12.8 Å². The van der Waals surface area contributed by atoms with Gasteiger partial charge in [-0.3, -0.25) is 20.7 Å². The van der Waals surface area contributed by atoms with Gasteiger partial charge >= 0.3 is 0 Å². The third-order valence-electron chi connectivity index (χ3n) is 6.11. The summed E-state index contributed by atoms with van der Waals surface area (Å²) >= 11 is 0. The van der Waals surface area contributed by atoms with E-state index in [-0.39, 0.29) is 24.3 Å². The number of piperidine rings is 1. The van der Waals surface area contributed by atoms with Crippen molar-refractivity contribution in [3.8, 4) is 0 Å². The number of carbonyl (C=O) groups is 1. The molecule has 0 bridgehead atoms. The fourth-order valence-corrected chi connectivity index (χ4v) is 4.87. The highest BCUT2D eigenvalue weighted by molar-refractivity contribution is 5.82. The molecule has 2 saturated heterocycles. The average Bonchev–Trinajstić information content (AvgIpc) is 2.56. The van der Waals surface area contributed by atoms with Crippen LogP contribution in [0.3, 0.4) is 0 Å². The maximum atomic E-state index is 13.6. The molecule has 0 aromatic carbocycles. The van der Waals surface area contributed by atoms with Crippen LogP contribution in [0.25, 0.3) is 0 Å². The maximum absolute atomic E-state index is 13.6. The first kappa shape index (κ1) is 19.1. The Kier molecular flexibility index (Phi) is 6.69. The molecule has 0 radical (unpaired) electrons. The van der Waals surface area contributed by atoms with Crippen molar-refractivity contribution in [2.75, 3.05) is 6.54 Å². The van der Waals surface area contributed by atoms with E-state index in [0.717, 1.165) is 51.5 Å². The Morgan fingerprint density at radius 2 is 1.92 bits per heavy atom. The van der Waals surface area contributed by atoms with Crippen molar-refractivity contribution in [1.82, 2.24) is 21.3 Å². The lowest BCUT2D eigenvalue weighted by Gasteiger charge is -2.36. The van der Waals surface area contributed by atoms with Gasteiger partial charge in [0.2, 0.25) is 5.91 Å². The molecule has 1 aliphatic carbocycles. The SMILES string of the molecule is CC1CC(C(=O)NC2CCC(CC3CCCC(F)C3)CN2)NC(C)N1. The topological polar surface area (TPSA) is 65.2 Å². The third kappa shape index (κ3) is 5.63. The number of nitrogens with one attached hydrogen (secondary N) is 4. The maximum Gasteiger partial charge on any atom is 0.238 e. The first-order valence-corrected chi connectivity index (χ1v) is 10.2. The van der Waals surface area contributed by atoms with Crippen molar-refractivity contribution in [3.63, 3.8) is 0 Å². The zero-order valence-corrected chi connectivity index (χ0v) is 15.7. The molecular formula is C19H35FN4O. The van der Waals surface area contributed by atoms with Gasteiger partial charge in [0.25, 0.3) is 0 Å². The molecule has 6 heteroatoms. The lowest BCUT2D eigenvalue weighted by molar-refractivity contribution is -0.125. The van der Waals surface area contributed by atoms with Crippen molar-refractivity contribution < 1.29 is 9.18 Å². The Morgan fingerprint density at radius 1 is 1.08 bits per heavy atom. The Labute approximate surface area is 151 Å². The van der Waals surface area contributed by atoms with Crippen molar-refractivity contribution in [2.24, 2.45) is 11.8 Å². The molecule has 7 atom stereocenters. The lowest BCUT2D eigenvalue weighted by atomic mass is 9.80. The monoisotopic (exact) mass is 354 g/mol. The number of hydrogen-bond donors (Lipinski definition) is 4. The number of amides is 1. The first-order valence-electron chi connectivity index (χ1n) is 10.2. The van der Waals surface area contributed by atoms with Crippen molar-refractivity contribution in [2.45, 2.75) is 95.8 Å². The van der Waals surface area contributed by atoms with Gasteiger partial charge < -0.3 is 5.32 Å². The third-order valence-corrected chi connectivity index (χ3v) is 6.11. The van der Waals surface area contributed by atoms with Gasteiger partial charge in [-0.05, 0) is 70.8 Å². The summed E-state index contributed by atoms with van der Waals surface area (Å²) in [5.41, 5.74) is 0. The highest BCUT2D eigenvalue weighted by Gasteiger charge is 2.31. The average molecular weight is 355 g/mol. The molecule has 0 aromatic rings. The van der Waals surface area contributed by atoms with Crippen LogP contribution in [0.15, 0.2) is 0 Å². The number of carbonyl (C=O) groups excluding carboxylic acids is 1. The number of rotatable bonds is 4. The predicted octanol–water partition coefficient (Wildman–Crippen LogP) is 2.03. The van der Waals surface area contributed by atoms with Crippen LogP contribution in [-0.2, 0) is 4.79 Å². The molecule has 0 spiro atoms. The van der Waals surface area contributed by atoms with E-state index in [2.05, 4.69) is 28.2 Å². The molecule has 1 amide bonds. The quantitative estimate of drug-likeness (QED) is 0.624. The van der Waals surface area contributed by atoms with Gasteiger partial charge in [0.05, 0.1) is 18.4 Å². The van der Waals surface area contributed by atoms with E-state index in [1.807, 2.05) is 6.92 Å². The van der Waals surface area contributed by atoms with Gasteiger partial charge in [0, 0.05) is 6.04 Å². The van der Waals surface area contributed by atoms with E-state index in [4.69, 9.17) is 0 Å². The molecule has 2 aliphatic heterocycles. The molecule has 3 fully saturated rings. The largest absolute Gasteiger partial charge is 0.339 e. The van der Waals surface area contributed by atoms with Gasteiger partial charge in [-0.15, -0.1) is 0 Å². The molecular weight excluding hydrogens is 319 g/mol. The van der Waals surface area contributed by atoms with Crippen LogP contribution in [0.2, 0.25) is 0 Å². The van der Waals surface area contributed by atoms with Crippen molar-refractivity contribution >= 4 is 5.91 Å². The lowest BCUT2D eigenvalue weighted by Crippen LogP contribution is -2.62.